The van der Waals surface area contributed by atoms with Crippen molar-refractivity contribution in [3.8, 4) is 34.1 Å². The van der Waals surface area contributed by atoms with Crippen LogP contribution in [0.15, 0.2) is 48.5 Å². The third-order valence-electron chi connectivity index (χ3n) is 5.11. The molecule has 1 atom stereocenters. The molecule has 3 aromatic rings. The molecule has 0 aromatic heterocycles. The lowest BCUT2D eigenvalue weighted by Crippen LogP contribution is -2.17. The lowest BCUT2D eigenvalue weighted by molar-refractivity contribution is 0.241. The Morgan fingerprint density at radius 2 is 1.62 bits per heavy atom. The zero-order valence-corrected chi connectivity index (χ0v) is 19.5. The van der Waals surface area contributed by atoms with Crippen LogP contribution < -0.4 is 23.7 Å². The van der Waals surface area contributed by atoms with Gasteiger partial charge in [0.05, 0.1) is 33.1 Å². The van der Waals surface area contributed by atoms with Crippen molar-refractivity contribution in [3.63, 3.8) is 0 Å². The topological polar surface area (TPSA) is 83.1 Å². The van der Waals surface area contributed by atoms with E-state index >= 15 is 0 Å². The van der Waals surface area contributed by atoms with E-state index in [1.807, 2.05) is 18.2 Å². The fraction of sp³-hybridized carbons (Fsp3) is 0.217. The van der Waals surface area contributed by atoms with Gasteiger partial charge in [-0.05, 0) is 42.0 Å². The van der Waals surface area contributed by atoms with Gasteiger partial charge in [0, 0.05) is 21.8 Å². The second kappa shape index (κ2) is 8.44. The van der Waals surface area contributed by atoms with Crippen LogP contribution in [0, 0.1) is 0 Å². The Morgan fingerprint density at radius 1 is 0.906 bits per heavy atom. The van der Waals surface area contributed by atoms with Gasteiger partial charge in [0.25, 0.3) is 0 Å². The van der Waals surface area contributed by atoms with Crippen LogP contribution in [-0.2, 0) is 10.0 Å². The number of anilines is 1. The van der Waals surface area contributed by atoms with Crippen molar-refractivity contribution in [1.82, 2.24) is 0 Å². The van der Waals surface area contributed by atoms with Crippen molar-refractivity contribution < 1.29 is 27.4 Å². The summed E-state index contributed by atoms with van der Waals surface area (Å²) >= 11 is 6.29. The first-order valence-electron chi connectivity index (χ1n) is 9.62. The van der Waals surface area contributed by atoms with E-state index in [2.05, 4.69) is 4.72 Å². The number of nitrogens with one attached hydrogen (secondary N) is 1. The predicted octanol–water partition coefficient (Wildman–Crippen LogP) is 4.89. The first-order valence-corrected chi connectivity index (χ1v) is 11.9. The summed E-state index contributed by atoms with van der Waals surface area (Å²) in [5.41, 5.74) is 3.58. The van der Waals surface area contributed by atoms with Gasteiger partial charge in [-0.1, -0.05) is 23.7 Å². The number of rotatable bonds is 6. The second-order valence-electron chi connectivity index (χ2n) is 7.27. The Balaban J connectivity index is 1.94. The molecule has 0 saturated heterocycles. The average Bonchev–Trinajstić information content (AvgIpc) is 2.76. The van der Waals surface area contributed by atoms with E-state index in [0.29, 0.717) is 33.7 Å². The van der Waals surface area contributed by atoms with E-state index in [-0.39, 0.29) is 0 Å². The molecule has 0 aliphatic carbocycles. The van der Waals surface area contributed by atoms with Crippen molar-refractivity contribution in [2.45, 2.75) is 6.10 Å². The molecule has 1 heterocycles. The molecule has 32 heavy (non-hydrogen) atoms. The molecule has 3 aromatic carbocycles. The van der Waals surface area contributed by atoms with Crippen molar-refractivity contribution >= 4 is 27.3 Å². The quantitative estimate of drug-likeness (QED) is 0.546. The van der Waals surface area contributed by atoms with Gasteiger partial charge in [-0.2, -0.15) is 0 Å². The van der Waals surface area contributed by atoms with Crippen LogP contribution in [0.2, 0.25) is 5.02 Å². The molecule has 1 unspecified atom stereocenters. The molecule has 1 N–H and O–H groups in total. The minimum atomic E-state index is -3.45. The number of methoxy groups -OCH3 is 3. The summed E-state index contributed by atoms with van der Waals surface area (Å²) < 4.78 is 48.9. The van der Waals surface area contributed by atoms with Gasteiger partial charge in [0.1, 0.15) is 17.6 Å². The number of ether oxygens (including phenoxy) is 4. The fourth-order valence-corrected chi connectivity index (χ4v) is 4.57. The minimum absolute atomic E-state index is 0.428. The molecule has 0 amide bonds. The predicted molar refractivity (Wildman–Crippen MR) is 124 cm³/mol. The van der Waals surface area contributed by atoms with Crippen LogP contribution in [0.5, 0.6) is 23.0 Å². The Morgan fingerprint density at radius 3 is 2.28 bits per heavy atom. The highest BCUT2D eigenvalue weighted by atomic mass is 35.5. The summed E-state index contributed by atoms with van der Waals surface area (Å²) in [4.78, 5) is 0. The first kappa shape index (κ1) is 22.1. The van der Waals surface area contributed by atoms with Gasteiger partial charge in [-0.25, -0.2) is 8.42 Å². The van der Waals surface area contributed by atoms with E-state index in [1.54, 1.807) is 51.7 Å². The summed E-state index contributed by atoms with van der Waals surface area (Å²) in [5, 5.41) is 0.477. The van der Waals surface area contributed by atoms with E-state index < -0.39 is 16.1 Å². The molecule has 0 saturated carbocycles. The van der Waals surface area contributed by atoms with E-state index in [0.717, 1.165) is 28.5 Å². The Labute approximate surface area is 191 Å². The summed E-state index contributed by atoms with van der Waals surface area (Å²) in [6.45, 7) is 0. The number of benzene rings is 3. The number of halogens is 1. The van der Waals surface area contributed by atoms with Crippen LogP contribution in [-0.4, -0.2) is 36.0 Å². The summed E-state index contributed by atoms with van der Waals surface area (Å²) in [6, 6.07) is 14.3. The molecule has 0 radical (unpaired) electrons. The summed E-state index contributed by atoms with van der Waals surface area (Å²) in [5.74, 6) is 2.26. The number of sulfonamides is 1. The second-order valence-corrected chi connectivity index (χ2v) is 9.45. The molecule has 1 aliphatic rings. The zero-order chi connectivity index (χ0) is 23.0. The average molecular weight is 476 g/mol. The van der Waals surface area contributed by atoms with Crippen molar-refractivity contribution in [2.75, 3.05) is 32.3 Å². The Kier molecular flexibility index (Phi) is 5.83. The SMILES string of the molecule is COc1ccc(C2Oc3cc(Cl)cc(OC)c3-c3ccc(NS(C)(=O)=O)cc32)cc1OC. The maximum Gasteiger partial charge on any atom is 0.229 e. The molecule has 9 heteroatoms. The fourth-order valence-electron chi connectivity index (χ4n) is 3.82. The highest BCUT2D eigenvalue weighted by molar-refractivity contribution is 7.92. The van der Waals surface area contributed by atoms with E-state index in [4.69, 9.17) is 30.5 Å². The molecule has 0 fully saturated rings. The maximum absolute atomic E-state index is 11.8. The van der Waals surface area contributed by atoms with Crippen LogP contribution in [0.25, 0.3) is 11.1 Å². The van der Waals surface area contributed by atoms with Gasteiger partial charge in [-0.3, -0.25) is 4.72 Å². The molecule has 4 rings (SSSR count). The lowest BCUT2D eigenvalue weighted by atomic mass is 9.88. The Hall–Kier alpha value is -3.10. The molecular weight excluding hydrogens is 454 g/mol. The number of hydrogen-bond acceptors (Lipinski definition) is 6. The van der Waals surface area contributed by atoms with E-state index in [9.17, 15) is 8.42 Å². The first-order chi connectivity index (χ1) is 15.2. The number of hydrogen-bond donors (Lipinski definition) is 1. The van der Waals surface area contributed by atoms with Crippen LogP contribution in [0.4, 0.5) is 5.69 Å². The van der Waals surface area contributed by atoms with Crippen LogP contribution >= 0.6 is 11.6 Å². The molecule has 1 aliphatic heterocycles. The normalized spacial score (nSPS) is 14.6. The monoisotopic (exact) mass is 475 g/mol. The molecule has 7 nitrogen and oxygen atoms in total. The standard InChI is InChI=1S/C23H22ClNO6S/c1-28-18-8-5-13(9-19(18)29-2)23-17-12-15(25-32(4,26)27)6-7-16(17)22-20(30-3)10-14(24)11-21(22)31-23/h5-12,23,25H,1-4H3. The van der Waals surface area contributed by atoms with Gasteiger partial charge in [0.15, 0.2) is 11.5 Å². The van der Waals surface area contributed by atoms with Crippen molar-refractivity contribution in [1.29, 1.82) is 0 Å². The van der Waals surface area contributed by atoms with Gasteiger partial charge < -0.3 is 18.9 Å². The lowest BCUT2D eigenvalue weighted by Gasteiger charge is -2.31. The Bertz CT molecular complexity index is 1290. The largest absolute Gasteiger partial charge is 0.496 e. The van der Waals surface area contributed by atoms with E-state index in [1.165, 1.54) is 0 Å². The van der Waals surface area contributed by atoms with Crippen LogP contribution in [0.3, 0.4) is 0 Å². The summed E-state index contributed by atoms with van der Waals surface area (Å²) in [7, 11) is 1.24. The third-order valence-corrected chi connectivity index (χ3v) is 5.94. The molecular formula is C23H22ClNO6S. The van der Waals surface area contributed by atoms with Gasteiger partial charge in [-0.15, -0.1) is 0 Å². The smallest absolute Gasteiger partial charge is 0.229 e. The maximum atomic E-state index is 11.8. The van der Waals surface area contributed by atoms with Crippen LogP contribution in [0.1, 0.15) is 17.2 Å². The zero-order valence-electron chi connectivity index (χ0n) is 17.9. The van der Waals surface area contributed by atoms with Gasteiger partial charge >= 0.3 is 0 Å². The highest BCUT2D eigenvalue weighted by Crippen LogP contribution is 2.51. The highest BCUT2D eigenvalue weighted by Gasteiger charge is 2.31. The molecule has 168 valence electrons. The molecule has 0 bridgehead atoms. The minimum Gasteiger partial charge on any atom is -0.496 e. The van der Waals surface area contributed by atoms with Gasteiger partial charge in [0.2, 0.25) is 10.0 Å². The third kappa shape index (κ3) is 4.16. The summed E-state index contributed by atoms with van der Waals surface area (Å²) in [6.07, 6.45) is 0.552. The van der Waals surface area contributed by atoms with Crippen molar-refractivity contribution in [3.05, 3.63) is 64.7 Å². The van der Waals surface area contributed by atoms with Crippen molar-refractivity contribution in [2.24, 2.45) is 0 Å². The molecule has 0 spiro atoms. The number of fused-ring (bicyclic) bond motifs is 3.